The van der Waals surface area contributed by atoms with E-state index in [9.17, 15) is 0 Å². The summed E-state index contributed by atoms with van der Waals surface area (Å²) in [5.41, 5.74) is 16.5. The Bertz CT molecular complexity index is 3890. The van der Waals surface area contributed by atoms with Crippen LogP contribution in [0.3, 0.4) is 0 Å². The van der Waals surface area contributed by atoms with Crippen molar-refractivity contribution >= 4 is 55.4 Å². The zero-order valence-corrected chi connectivity index (χ0v) is 35.7. The summed E-state index contributed by atoms with van der Waals surface area (Å²) in [6.07, 6.45) is 0. The van der Waals surface area contributed by atoms with Crippen LogP contribution in [0.2, 0.25) is 0 Å². The lowest BCUT2D eigenvalue weighted by molar-refractivity contribution is 0.669. The highest BCUT2D eigenvalue weighted by atomic mass is 32.2. The number of rotatable bonds is 4. The van der Waals surface area contributed by atoms with Gasteiger partial charge in [0.2, 0.25) is 0 Å². The van der Waals surface area contributed by atoms with Crippen LogP contribution in [-0.2, 0) is 5.41 Å². The molecule has 1 aliphatic heterocycles. The van der Waals surface area contributed by atoms with E-state index in [4.69, 9.17) is 19.4 Å². The summed E-state index contributed by atoms with van der Waals surface area (Å²) in [4.78, 5) is 18.7. The highest BCUT2D eigenvalue weighted by Crippen LogP contribution is 2.63. The number of hydrogen-bond acceptors (Lipinski definition) is 5. The lowest BCUT2D eigenvalue weighted by Crippen LogP contribution is -2.31. The molecule has 0 fully saturated rings. The Hall–Kier alpha value is -8.12. The van der Waals surface area contributed by atoms with Crippen molar-refractivity contribution in [3.05, 3.63) is 235 Å². The molecule has 302 valence electrons. The van der Waals surface area contributed by atoms with Gasteiger partial charge in [-0.05, 0) is 75.8 Å². The van der Waals surface area contributed by atoms with E-state index >= 15 is 0 Å². The van der Waals surface area contributed by atoms with Crippen LogP contribution < -0.4 is 0 Å². The maximum atomic E-state index is 6.37. The molecule has 65 heavy (non-hydrogen) atoms. The quantitative estimate of drug-likeness (QED) is 0.165. The first-order valence-corrected chi connectivity index (χ1v) is 22.8. The summed E-state index contributed by atoms with van der Waals surface area (Å²) in [5.74, 6) is 0.662. The summed E-state index contributed by atoms with van der Waals surface area (Å²) in [5, 5.41) is 5.49. The number of aromatic nitrogens is 3. The molecule has 4 nitrogen and oxygen atoms in total. The van der Waals surface area contributed by atoms with Crippen molar-refractivity contribution in [1.82, 2.24) is 15.0 Å². The minimum absolute atomic E-state index is 0.511. The van der Waals surface area contributed by atoms with E-state index in [-0.39, 0.29) is 0 Å². The molecule has 14 rings (SSSR count). The fraction of sp³-hybridized carbons (Fsp3) is 0.0167. The predicted octanol–water partition coefficient (Wildman–Crippen LogP) is 15.6. The van der Waals surface area contributed by atoms with E-state index in [0.717, 1.165) is 77.6 Å². The van der Waals surface area contributed by atoms with Gasteiger partial charge < -0.3 is 4.42 Å². The van der Waals surface area contributed by atoms with Crippen molar-refractivity contribution in [2.75, 3.05) is 0 Å². The number of nitrogens with zero attached hydrogens (tertiary/aromatic N) is 3. The molecule has 4 heterocycles. The third-order valence-corrected chi connectivity index (χ3v) is 14.7. The van der Waals surface area contributed by atoms with Gasteiger partial charge in [0.1, 0.15) is 11.2 Å². The fourth-order valence-corrected chi connectivity index (χ4v) is 12.0. The minimum atomic E-state index is -0.511. The van der Waals surface area contributed by atoms with Gasteiger partial charge >= 0.3 is 0 Å². The van der Waals surface area contributed by atoms with Crippen molar-refractivity contribution in [3.8, 4) is 56.3 Å². The third-order valence-electron chi connectivity index (χ3n) is 13.5. The lowest BCUT2D eigenvalue weighted by Gasteiger charge is -2.39. The highest BCUT2D eigenvalue weighted by molar-refractivity contribution is 7.99. The van der Waals surface area contributed by atoms with Gasteiger partial charge in [0, 0.05) is 59.0 Å². The molecule has 0 atom stereocenters. The van der Waals surface area contributed by atoms with Crippen molar-refractivity contribution in [1.29, 1.82) is 0 Å². The fourth-order valence-electron chi connectivity index (χ4n) is 10.8. The van der Waals surface area contributed by atoms with Gasteiger partial charge in [-0.15, -0.1) is 0 Å². The van der Waals surface area contributed by atoms with Gasteiger partial charge in [-0.2, -0.15) is 0 Å². The molecule has 0 radical (unpaired) electrons. The van der Waals surface area contributed by atoms with E-state index in [0.29, 0.717) is 5.82 Å². The first-order chi connectivity index (χ1) is 32.2. The van der Waals surface area contributed by atoms with E-state index in [1.165, 1.54) is 48.6 Å². The Morgan fingerprint density at radius 2 is 1.03 bits per heavy atom. The number of furan rings is 1. The smallest absolute Gasteiger partial charge is 0.160 e. The molecule has 1 spiro atoms. The predicted molar refractivity (Wildman–Crippen MR) is 265 cm³/mol. The zero-order chi connectivity index (χ0) is 42.6. The molecule has 1 aliphatic carbocycles. The first kappa shape index (κ1) is 36.4. The van der Waals surface area contributed by atoms with Crippen LogP contribution in [0.5, 0.6) is 0 Å². The van der Waals surface area contributed by atoms with Gasteiger partial charge in [0.25, 0.3) is 0 Å². The highest BCUT2D eigenvalue weighted by Gasteiger charge is 2.50. The standard InChI is InChI=1S/C60H35N3OS/c1-3-16-36(17-4-1)58-42-31-32-47-57(39-20-7-9-23-44(39)60(47)45-24-10-13-28-53(45)65-54-29-14-11-25-46(54)60)56(42)43-34-38(30-33-48(43)61-58)49-35-50(63-59(62-49)37-18-5-2-6-19-37)40-22-15-27-52-55(40)41-21-8-12-26-51(41)64-52/h1-35H. The van der Waals surface area contributed by atoms with Crippen LogP contribution in [0, 0.1) is 0 Å². The van der Waals surface area contributed by atoms with Gasteiger partial charge in [-0.25, -0.2) is 15.0 Å². The molecule has 12 aromatic rings. The van der Waals surface area contributed by atoms with E-state index < -0.39 is 5.41 Å². The van der Waals surface area contributed by atoms with Crippen LogP contribution in [0.4, 0.5) is 0 Å². The monoisotopic (exact) mass is 845 g/mol. The maximum Gasteiger partial charge on any atom is 0.160 e. The number of pyridine rings is 1. The maximum absolute atomic E-state index is 6.37. The molecular weight excluding hydrogens is 811 g/mol. The summed E-state index contributed by atoms with van der Waals surface area (Å²) in [7, 11) is 0. The van der Waals surface area contributed by atoms with Crippen LogP contribution in [-0.4, -0.2) is 15.0 Å². The molecule has 3 aromatic heterocycles. The van der Waals surface area contributed by atoms with Crippen LogP contribution in [0.25, 0.3) is 99.9 Å². The SMILES string of the molecule is c1ccc(-c2nc(-c3ccc4nc(-c5ccccc5)c5ccc6c(c5c4c3)-c3ccccc3C63c4ccccc4Sc4ccccc43)cc(-c3cccc4oc5ccccc5c34)n2)cc1. The topological polar surface area (TPSA) is 51.8 Å². The summed E-state index contributed by atoms with van der Waals surface area (Å²) in [6.45, 7) is 0. The van der Waals surface area contributed by atoms with E-state index in [1.54, 1.807) is 0 Å². The minimum Gasteiger partial charge on any atom is -0.456 e. The molecule has 0 amide bonds. The lowest BCUT2D eigenvalue weighted by atomic mass is 9.67. The third kappa shape index (κ3) is 5.24. The largest absolute Gasteiger partial charge is 0.456 e. The average molecular weight is 846 g/mol. The van der Waals surface area contributed by atoms with Crippen molar-refractivity contribution in [2.24, 2.45) is 0 Å². The molecule has 0 bridgehead atoms. The number of hydrogen-bond donors (Lipinski definition) is 0. The molecule has 0 saturated carbocycles. The van der Waals surface area contributed by atoms with Crippen LogP contribution in [0.15, 0.2) is 227 Å². The van der Waals surface area contributed by atoms with E-state index in [2.05, 4.69) is 176 Å². The summed E-state index contributed by atoms with van der Waals surface area (Å²) < 4.78 is 6.37. The summed E-state index contributed by atoms with van der Waals surface area (Å²) in [6, 6.07) is 76.0. The summed E-state index contributed by atoms with van der Waals surface area (Å²) >= 11 is 1.87. The number of para-hydroxylation sites is 1. The average Bonchev–Trinajstić information content (AvgIpc) is 3.90. The normalized spacial score (nSPS) is 13.3. The molecule has 2 aliphatic rings. The van der Waals surface area contributed by atoms with E-state index in [1.807, 2.05) is 48.2 Å². The van der Waals surface area contributed by atoms with Crippen molar-refractivity contribution in [2.45, 2.75) is 15.2 Å². The Morgan fingerprint density at radius 1 is 0.385 bits per heavy atom. The zero-order valence-electron chi connectivity index (χ0n) is 34.9. The Labute approximate surface area is 378 Å². The molecule has 0 N–H and O–H groups in total. The second-order valence-electron chi connectivity index (χ2n) is 17.0. The first-order valence-electron chi connectivity index (χ1n) is 22.0. The van der Waals surface area contributed by atoms with Crippen molar-refractivity contribution in [3.63, 3.8) is 0 Å². The Kier molecular flexibility index (Phi) is 7.80. The van der Waals surface area contributed by atoms with Crippen LogP contribution >= 0.6 is 11.8 Å². The molecule has 5 heteroatoms. The second-order valence-corrected chi connectivity index (χ2v) is 18.0. The van der Waals surface area contributed by atoms with Gasteiger partial charge in [-0.1, -0.05) is 182 Å². The number of benzene rings is 9. The van der Waals surface area contributed by atoms with Crippen LogP contribution in [0.1, 0.15) is 22.3 Å². The Morgan fingerprint density at radius 3 is 1.83 bits per heavy atom. The second kappa shape index (κ2) is 13.9. The molecule has 9 aromatic carbocycles. The van der Waals surface area contributed by atoms with Gasteiger partial charge in [0.15, 0.2) is 5.82 Å². The Balaban J connectivity index is 1.08. The number of fused-ring (bicyclic) bond motifs is 16. The molecular formula is C60H35N3OS. The molecule has 0 unspecified atom stereocenters. The van der Waals surface area contributed by atoms with Gasteiger partial charge in [-0.3, -0.25) is 0 Å². The van der Waals surface area contributed by atoms with Crippen molar-refractivity contribution < 1.29 is 4.42 Å². The molecule has 0 saturated heterocycles. The van der Waals surface area contributed by atoms with Gasteiger partial charge in [0.05, 0.1) is 28.0 Å².